The number of rotatable bonds is 4. The van der Waals surface area contributed by atoms with Gasteiger partial charge in [0.1, 0.15) is 5.75 Å². The molecule has 1 aromatic carbocycles. The second-order valence-corrected chi connectivity index (χ2v) is 9.52. The number of thioether (sulfide) groups is 3. The lowest BCUT2D eigenvalue weighted by molar-refractivity contribution is -0.136. The molecule has 0 amide bonds. The zero-order valence-electron chi connectivity index (χ0n) is 12.5. The van der Waals surface area contributed by atoms with Gasteiger partial charge in [0.05, 0.1) is 15.0 Å². The maximum absolute atomic E-state index is 11.5. The Bertz CT molecular complexity index is 549. The number of carboxylic acid groups (broad SMARTS) is 1. The molecule has 2 atom stereocenters. The van der Waals surface area contributed by atoms with Gasteiger partial charge in [-0.05, 0) is 43.4 Å². The molecular weight excluding hydrogens is 344 g/mol. The molecule has 0 radical (unpaired) electrons. The molecule has 0 aliphatic carbocycles. The fourth-order valence-corrected chi connectivity index (χ4v) is 8.42. The van der Waals surface area contributed by atoms with E-state index in [0.29, 0.717) is 12.2 Å². The minimum absolute atomic E-state index is 0.271. The molecule has 2 N–H and O–H groups in total. The number of phenolic OH excluding ortho intramolecular Hbond substituents is 1. The topological polar surface area (TPSA) is 57.5 Å². The van der Waals surface area contributed by atoms with Gasteiger partial charge in [-0.2, -0.15) is 0 Å². The van der Waals surface area contributed by atoms with Crippen LogP contribution < -0.4 is 0 Å². The van der Waals surface area contributed by atoms with Crippen LogP contribution in [-0.2, 0) is 11.2 Å². The van der Waals surface area contributed by atoms with Gasteiger partial charge in [-0.15, -0.1) is 35.3 Å². The summed E-state index contributed by atoms with van der Waals surface area (Å²) in [5, 5.41) is 19.7. The molecule has 7 heteroatoms. The fourth-order valence-electron chi connectivity index (χ4n) is 2.83. The fraction of sp³-hybridized carbons (Fsp3) is 0.500. The van der Waals surface area contributed by atoms with Gasteiger partial charge in [0, 0.05) is 9.79 Å². The smallest absolute Gasteiger partial charge is 0.315 e. The van der Waals surface area contributed by atoms with Crippen LogP contribution in [0, 0.1) is 0 Å². The van der Waals surface area contributed by atoms with Crippen LogP contribution in [0.5, 0.6) is 5.75 Å². The third-order valence-electron chi connectivity index (χ3n) is 3.80. The highest BCUT2D eigenvalue weighted by molar-refractivity contribution is 8.18. The minimum Gasteiger partial charge on any atom is -0.506 e. The maximum atomic E-state index is 11.5. The van der Waals surface area contributed by atoms with Gasteiger partial charge in [0.15, 0.2) is 0 Å². The Labute approximate surface area is 141 Å². The van der Waals surface area contributed by atoms with E-state index < -0.39 is 16.9 Å². The summed E-state index contributed by atoms with van der Waals surface area (Å²) in [5.74, 6) is -0.318. The van der Waals surface area contributed by atoms with Crippen molar-refractivity contribution in [2.24, 2.45) is 0 Å². The Morgan fingerprint density at radius 1 is 1.14 bits per heavy atom. The predicted octanol–water partition coefficient (Wildman–Crippen LogP) is 3.95. The summed E-state index contributed by atoms with van der Waals surface area (Å²) in [4.78, 5) is 15.6. The lowest BCUT2D eigenvalue weighted by Crippen LogP contribution is -2.25. The lowest BCUT2D eigenvalue weighted by Gasteiger charge is -2.35. The molecule has 0 aromatic heterocycles. The van der Waals surface area contributed by atoms with Crippen molar-refractivity contribution in [1.82, 2.24) is 0 Å². The molecule has 0 spiro atoms. The number of fused-ring (bicyclic) bond motifs is 1. The first-order valence-electron chi connectivity index (χ1n) is 6.47. The van der Waals surface area contributed by atoms with Crippen LogP contribution in [0.3, 0.4) is 0 Å². The van der Waals surface area contributed by atoms with Crippen LogP contribution in [0.15, 0.2) is 19.6 Å². The van der Waals surface area contributed by atoms with E-state index in [0.717, 1.165) is 21.1 Å². The van der Waals surface area contributed by atoms with Gasteiger partial charge in [0.2, 0.25) is 0 Å². The van der Waals surface area contributed by atoms with Crippen molar-refractivity contribution in [3.05, 3.63) is 5.56 Å². The van der Waals surface area contributed by atoms with E-state index >= 15 is 0 Å². The van der Waals surface area contributed by atoms with E-state index in [1.54, 1.807) is 23.5 Å². The summed E-state index contributed by atoms with van der Waals surface area (Å²) < 4.78 is 0. The largest absolute Gasteiger partial charge is 0.506 e. The van der Waals surface area contributed by atoms with E-state index in [-0.39, 0.29) is 5.25 Å². The molecule has 1 heterocycles. The maximum Gasteiger partial charge on any atom is 0.315 e. The summed E-state index contributed by atoms with van der Waals surface area (Å²) in [6.45, 7) is 0. The Kier molecular flexibility index (Phi) is 5.73. The number of hydrogen-bond donors (Lipinski definition) is 3. The average molecular weight is 365 g/mol. The van der Waals surface area contributed by atoms with E-state index in [1.807, 2.05) is 18.8 Å². The van der Waals surface area contributed by atoms with Crippen molar-refractivity contribution in [3.63, 3.8) is 0 Å². The molecular formula is C14H20O3S4. The molecule has 2 rings (SSSR count). The van der Waals surface area contributed by atoms with E-state index in [9.17, 15) is 15.0 Å². The van der Waals surface area contributed by atoms with Crippen molar-refractivity contribution in [1.29, 1.82) is 0 Å². The first-order chi connectivity index (χ1) is 9.97. The third kappa shape index (κ3) is 2.90. The van der Waals surface area contributed by atoms with Crippen LogP contribution in [0.2, 0.25) is 0 Å². The number of aliphatic carboxylic acids is 1. The second kappa shape index (κ2) is 6.98. The molecule has 2 unspecified atom stereocenters. The van der Waals surface area contributed by atoms with Gasteiger partial charge in [0.25, 0.3) is 0 Å². The lowest BCUT2D eigenvalue weighted by atomic mass is 10.1. The molecule has 21 heavy (non-hydrogen) atoms. The molecule has 0 saturated heterocycles. The standard InChI is InChI=1S/C14H20O3S4/c1-18-10-7-5-6-8(14(16)17)21(4)13(7)12(20-3)11(19-2)9(10)15/h8,15,21H,5-6H2,1-4H3,(H,16,17). The molecule has 0 fully saturated rings. The summed E-state index contributed by atoms with van der Waals surface area (Å²) in [6, 6.07) is 0. The van der Waals surface area contributed by atoms with Gasteiger partial charge in [-0.1, -0.05) is 0 Å². The van der Waals surface area contributed by atoms with Crippen molar-refractivity contribution < 1.29 is 15.0 Å². The third-order valence-corrected chi connectivity index (χ3v) is 9.16. The van der Waals surface area contributed by atoms with Crippen molar-refractivity contribution in [3.8, 4) is 5.75 Å². The number of carbonyl (C=O) groups is 1. The summed E-state index contributed by atoms with van der Waals surface area (Å²) in [7, 11) is -0.751. The number of benzene rings is 1. The molecule has 1 aliphatic rings. The quantitative estimate of drug-likeness (QED) is 0.556. The normalized spacial score (nSPS) is 22.9. The van der Waals surface area contributed by atoms with Crippen molar-refractivity contribution >= 4 is 52.1 Å². The predicted molar refractivity (Wildman–Crippen MR) is 96.4 cm³/mol. The summed E-state index contributed by atoms with van der Waals surface area (Å²) >= 11 is 4.72. The average Bonchev–Trinajstić information content (AvgIpc) is 2.45. The number of hydrogen-bond acceptors (Lipinski definition) is 5. The van der Waals surface area contributed by atoms with Crippen LogP contribution in [0.4, 0.5) is 0 Å². The molecule has 1 aliphatic heterocycles. The van der Waals surface area contributed by atoms with Crippen LogP contribution in [0.1, 0.15) is 12.0 Å². The Morgan fingerprint density at radius 2 is 1.71 bits per heavy atom. The van der Waals surface area contributed by atoms with Crippen molar-refractivity contribution in [2.75, 3.05) is 25.0 Å². The second-order valence-electron chi connectivity index (χ2n) is 4.78. The zero-order valence-corrected chi connectivity index (χ0v) is 15.8. The highest BCUT2D eigenvalue weighted by atomic mass is 32.2. The number of thiol groups is 1. The van der Waals surface area contributed by atoms with Crippen LogP contribution >= 0.6 is 46.2 Å². The van der Waals surface area contributed by atoms with Gasteiger partial charge in [-0.25, -0.2) is 10.9 Å². The first kappa shape index (κ1) is 17.2. The molecule has 1 aromatic rings. The first-order valence-corrected chi connectivity index (χ1v) is 12.0. The molecule has 118 valence electrons. The van der Waals surface area contributed by atoms with Crippen molar-refractivity contribution in [2.45, 2.75) is 37.7 Å². The number of aromatic hydroxyl groups is 1. The molecule has 0 bridgehead atoms. The van der Waals surface area contributed by atoms with Crippen LogP contribution in [-0.4, -0.2) is 46.5 Å². The van der Waals surface area contributed by atoms with Gasteiger partial charge < -0.3 is 10.2 Å². The van der Waals surface area contributed by atoms with Crippen LogP contribution in [0.25, 0.3) is 0 Å². The Morgan fingerprint density at radius 3 is 2.19 bits per heavy atom. The highest BCUT2D eigenvalue weighted by Gasteiger charge is 2.34. The Hall–Kier alpha value is -0.110. The van der Waals surface area contributed by atoms with E-state index in [1.165, 1.54) is 22.2 Å². The minimum atomic E-state index is -0.751. The molecule has 3 nitrogen and oxygen atoms in total. The van der Waals surface area contributed by atoms with Gasteiger partial charge in [-0.3, -0.25) is 4.79 Å². The van der Waals surface area contributed by atoms with E-state index in [4.69, 9.17) is 0 Å². The van der Waals surface area contributed by atoms with Gasteiger partial charge >= 0.3 is 5.97 Å². The van der Waals surface area contributed by atoms with E-state index in [2.05, 4.69) is 6.26 Å². The zero-order chi connectivity index (χ0) is 15.7. The summed E-state index contributed by atoms with van der Waals surface area (Å²) in [5.41, 5.74) is 1.17. The number of phenols is 1. The monoisotopic (exact) mass is 364 g/mol. The Balaban J connectivity index is 2.74. The highest BCUT2D eigenvalue weighted by Crippen LogP contribution is 2.57. The SMILES string of the molecule is CSc1c(O)c(SC)c(SC)c2c1CCC(C(=O)O)[SH]2C. The molecule has 0 saturated carbocycles. The number of carboxylic acids is 1. The summed E-state index contributed by atoms with van der Waals surface area (Å²) in [6.07, 6.45) is 9.41.